The normalized spacial score (nSPS) is 16.1. The van der Waals surface area contributed by atoms with E-state index in [2.05, 4.69) is 11.8 Å². The van der Waals surface area contributed by atoms with Crippen LogP contribution in [0.25, 0.3) is 0 Å². The summed E-state index contributed by atoms with van der Waals surface area (Å²) in [7, 11) is 0. The van der Waals surface area contributed by atoms with Crippen molar-refractivity contribution in [2.75, 3.05) is 6.61 Å². The van der Waals surface area contributed by atoms with Crippen LogP contribution >= 0.6 is 0 Å². The third-order valence-electron chi connectivity index (χ3n) is 2.89. The molecule has 0 radical (unpaired) electrons. The zero-order valence-corrected chi connectivity index (χ0v) is 8.73. The van der Waals surface area contributed by atoms with Crippen LogP contribution < -0.4 is 0 Å². The Morgan fingerprint density at radius 3 is 2.75 bits per heavy atom. The van der Waals surface area contributed by atoms with E-state index in [0.29, 0.717) is 12.8 Å². The maximum absolute atomic E-state index is 11.1. The van der Waals surface area contributed by atoms with Crippen LogP contribution in [-0.2, 0) is 10.2 Å². The summed E-state index contributed by atoms with van der Waals surface area (Å²) in [6.45, 7) is -0.186. The monoisotopic (exact) mass is 216 g/mol. The summed E-state index contributed by atoms with van der Waals surface area (Å²) in [6, 6.07) is 7.23. The lowest BCUT2D eigenvalue weighted by Crippen LogP contribution is -2.19. The molecule has 0 aliphatic heterocycles. The van der Waals surface area contributed by atoms with Gasteiger partial charge < -0.3 is 10.2 Å². The molecule has 0 atom stereocenters. The molecule has 1 fully saturated rings. The number of aliphatic carboxylic acids is 1. The molecule has 0 bridgehead atoms. The maximum Gasteiger partial charge on any atom is 0.314 e. The van der Waals surface area contributed by atoms with Crippen molar-refractivity contribution in [1.29, 1.82) is 0 Å². The Balaban J connectivity index is 2.33. The van der Waals surface area contributed by atoms with Gasteiger partial charge in [0.05, 0.1) is 5.41 Å². The number of benzene rings is 1. The van der Waals surface area contributed by atoms with E-state index in [1.165, 1.54) is 0 Å². The smallest absolute Gasteiger partial charge is 0.314 e. The first-order valence-electron chi connectivity index (χ1n) is 5.13. The second-order valence-electron chi connectivity index (χ2n) is 3.93. The summed E-state index contributed by atoms with van der Waals surface area (Å²) in [4.78, 5) is 11.1. The average molecular weight is 216 g/mol. The van der Waals surface area contributed by atoms with Crippen molar-refractivity contribution in [2.24, 2.45) is 0 Å². The van der Waals surface area contributed by atoms with E-state index in [1.54, 1.807) is 12.1 Å². The quantitative estimate of drug-likeness (QED) is 0.729. The van der Waals surface area contributed by atoms with Crippen LogP contribution in [0.3, 0.4) is 0 Å². The van der Waals surface area contributed by atoms with Gasteiger partial charge in [0, 0.05) is 5.56 Å². The van der Waals surface area contributed by atoms with Gasteiger partial charge in [-0.05, 0) is 30.5 Å². The first kappa shape index (κ1) is 10.7. The summed E-state index contributed by atoms with van der Waals surface area (Å²) in [5.41, 5.74) is 0.875. The molecule has 0 amide bonds. The summed E-state index contributed by atoms with van der Waals surface area (Å²) >= 11 is 0. The fraction of sp³-hybridized carbons (Fsp3) is 0.308. The number of carboxylic acid groups (broad SMARTS) is 1. The minimum Gasteiger partial charge on any atom is -0.481 e. The Hall–Kier alpha value is -1.79. The first-order chi connectivity index (χ1) is 7.69. The van der Waals surface area contributed by atoms with Crippen molar-refractivity contribution in [1.82, 2.24) is 0 Å². The van der Waals surface area contributed by atoms with Crippen molar-refractivity contribution in [3.05, 3.63) is 35.4 Å². The molecule has 3 nitrogen and oxygen atoms in total. The topological polar surface area (TPSA) is 57.5 Å². The third kappa shape index (κ3) is 1.80. The van der Waals surface area contributed by atoms with E-state index in [9.17, 15) is 4.79 Å². The maximum atomic E-state index is 11.1. The Morgan fingerprint density at radius 2 is 2.19 bits per heavy atom. The SMILES string of the molecule is O=C(O)C1(c2cccc(C#CCO)c2)CC1. The average Bonchev–Trinajstić information content (AvgIpc) is 3.08. The molecular formula is C13H12O3. The lowest BCUT2D eigenvalue weighted by Gasteiger charge is -2.09. The van der Waals surface area contributed by atoms with Crippen LogP contribution in [0.1, 0.15) is 24.0 Å². The van der Waals surface area contributed by atoms with Crippen molar-refractivity contribution in [3.63, 3.8) is 0 Å². The van der Waals surface area contributed by atoms with Gasteiger partial charge in [-0.2, -0.15) is 0 Å². The van der Waals surface area contributed by atoms with Crippen molar-refractivity contribution in [2.45, 2.75) is 18.3 Å². The molecule has 0 unspecified atom stereocenters. The first-order valence-corrected chi connectivity index (χ1v) is 5.13. The number of carboxylic acids is 1. The van der Waals surface area contributed by atoms with Gasteiger partial charge in [-0.15, -0.1) is 0 Å². The van der Waals surface area contributed by atoms with Gasteiger partial charge in [0.25, 0.3) is 0 Å². The summed E-state index contributed by atoms with van der Waals surface area (Å²) in [5.74, 6) is 4.57. The lowest BCUT2D eigenvalue weighted by molar-refractivity contribution is -0.140. The Kier molecular flexibility index (Phi) is 2.67. The number of aliphatic hydroxyl groups is 1. The number of aliphatic hydroxyl groups excluding tert-OH is 1. The van der Waals surface area contributed by atoms with E-state index in [0.717, 1.165) is 11.1 Å². The largest absolute Gasteiger partial charge is 0.481 e. The van der Waals surface area contributed by atoms with E-state index in [4.69, 9.17) is 10.2 Å². The standard InChI is InChI=1S/C13H12O3/c14-8-2-4-10-3-1-5-11(9-10)13(6-7-13)12(15)16/h1,3,5,9,14H,6-8H2,(H,15,16). The zero-order valence-electron chi connectivity index (χ0n) is 8.73. The Morgan fingerprint density at radius 1 is 1.44 bits per heavy atom. The van der Waals surface area contributed by atoms with Crippen LogP contribution in [0.4, 0.5) is 0 Å². The minimum atomic E-state index is -0.764. The van der Waals surface area contributed by atoms with Gasteiger partial charge in [-0.3, -0.25) is 4.79 Å². The van der Waals surface area contributed by atoms with Crippen LogP contribution in [-0.4, -0.2) is 22.8 Å². The number of hydrogen-bond acceptors (Lipinski definition) is 2. The predicted octanol–water partition coefficient (Wildman–Crippen LogP) is 1.15. The molecule has 3 heteroatoms. The highest BCUT2D eigenvalue weighted by Gasteiger charge is 2.51. The molecule has 0 aromatic heterocycles. The van der Waals surface area contributed by atoms with E-state index >= 15 is 0 Å². The molecule has 0 spiro atoms. The van der Waals surface area contributed by atoms with E-state index in [-0.39, 0.29) is 6.61 Å². The molecule has 1 aromatic carbocycles. The Bertz CT molecular complexity index is 475. The van der Waals surface area contributed by atoms with E-state index in [1.807, 2.05) is 12.1 Å². The number of rotatable bonds is 2. The van der Waals surface area contributed by atoms with Crippen molar-refractivity contribution in [3.8, 4) is 11.8 Å². The summed E-state index contributed by atoms with van der Waals surface area (Å²) in [5, 5.41) is 17.7. The molecule has 82 valence electrons. The molecular weight excluding hydrogens is 204 g/mol. The van der Waals surface area contributed by atoms with Crippen molar-refractivity contribution < 1.29 is 15.0 Å². The van der Waals surface area contributed by atoms with Crippen LogP contribution in [0, 0.1) is 11.8 Å². The highest BCUT2D eigenvalue weighted by molar-refractivity contribution is 5.85. The van der Waals surface area contributed by atoms with Gasteiger partial charge in [0.1, 0.15) is 6.61 Å². The minimum absolute atomic E-state index is 0.186. The zero-order chi connectivity index (χ0) is 11.6. The molecule has 16 heavy (non-hydrogen) atoms. The predicted molar refractivity (Wildman–Crippen MR) is 59.0 cm³/mol. The number of carbonyl (C=O) groups is 1. The summed E-state index contributed by atoms with van der Waals surface area (Å²) < 4.78 is 0. The molecule has 2 rings (SSSR count). The molecule has 0 heterocycles. The second kappa shape index (κ2) is 3.99. The Labute approximate surface area is 93.7 Å². The lowest BCUT2D eigenvalue weighted by atomic mass is 9.95. The molecule has 1 aromatic rings. The fourth-order valence-electron chi connectivity index (χ4n) is 1.79. The molecule has 1 aliphatic rings. The highest BCUT2D eigenvalue weighted by atomic mass is 16.4. The molecule has 1 saturated carbocycles. The van der Waals surface area contributed by atoms with Gasteiger partial charge in [-0.25, -0.2) is 0 Å². The van der Waals surface area contributed by atoms with Crippen LogP contribution in [0.15, 0.2) is 24.3 Å². The van der Waals surface area contributed by atoms with Gasteiger partial charge in [-0.1, -0.05) is 24.0 Å². The van der Waals surface area contributed by atoms with Gasteiger partial charge in [0.2, 0.25) is 0 Å². The molecule has 0 saturated heterocycles. The van der Waals surface area contributed by atoms with E-state index < -0.39 is 11.4 Å². The van der Waals surface area contributed by atoms with Crippen molar-refractivity contribution >= 4 is 5.97 Å². The fourth-order valence-corrected chi connectivity index (χ4v) is 1.79. The van der Waals surface area contributed by atoms with Crippen LogP contribution in [0.2, 0.25) is 0 Å². The van der Waals surface area contributed by atoms with Crippen LogP contribution in [0.5, 0.6) is 0 Å². The third-order valence-corrected chi connectivity index (χ3v) is 2.89. The van der Waals surface area contributed by atoms with Gasteiger partial charge >= 0.3 is 5.97 Å². The van der Waals surface area contributed by atoms with Gasteiger partial charge in [0.15, 0.2) is 0 Å². The second-order valence-corrected chi connectivity index (χ2v) is 3.93. The molecule has 2 N–H and O–H groups in total. The molecule has 1 aliphatic carbocycles. The highest BCUT2D eigenvalue weighted by Crippen LogP contribution is 2.48. The number of hydrogen-bond donors (Lipinski definition) is 2. The summed E-state index contributed by atoms with van der Waals surface area (Å²) in [6.07, 6.45) is 1.39.